The molecule has 0 aliphatic heterocycles. The van der Waals surface area contributed by atoms with Crippen LogP contribution >= 0.6 is 0 Å². The molecule has 0 fully saturated rings. The minimum absolute atomic E-state index is 0.0966. The van der Waals surface area contributed by atoms with Crippen LogP contribution in [0, 0.1) is 5.92 Å². The molecule has 0 bridgehead atoms. The summed E-state index contributed by atoms with van der Waals surface area (Å²) in [6.07, 6.45) is 0.102. The maximum Gasteiger partial charge on any atom is 0.166 e. The van der Waals surface area contributed by atoms with Crippen LogP contribution in [0.2, 0.25) is 0 Å². The number of phenols is 2. The first kappa shape index (κ1) is 14.8. The molecule has 2 N–H and O–H groups in total. The van der Waals surface area contributed by atoms with Crippen molar-refractivity contribution < 1.29 is 19.8 Å². The molecule has 0 aliphatic carbocycles. The van der Waals surface area contributed by atoms with Crippen molar-refractivity contribution >= 4 is 11.6 Å². The van der Waals surface area contributed by atoms with E-state index in [4.69, 9.17) is 0 Å². The fourth-order valence-electron chi connectivity index (χ4n) is 2.05. The van der Waals surface area contributed by atoms with Gasteiger partial charge in [0.2, 0.25) is 0 Å². The molecule has 0 aromatic heterocycles. The van der Waals surface area contributed by atoms with Crippen molar-refractivity contribution in [1.82, 2.24) is 0 Å². The maximum absolute atomic E-state index is 12.2. The Morgan fingerprint density at radius 2 is 1.29 bits per heavy atom. The molecule has 0 spiro atoms. The fraction of sp³-hybridized carbons (Fsp3) is 0.176. The van der Waals surface area contributed by atoms with Gasteiger partial charge in [-0.15, -0.1) is 0 Å². The second-order valence-electron chi connectivity index (χ2n) is 4.99. The molecule has 1 atom stereocenters. The van der Waals surface area contributed by atoms with Crippen LogP contribution in [0.3, 0.4) is 0 Å². The average Bonchev–Trinajstić information content (AvgIpc) is 2.47. The molecule has 0 heterocycles. The van der Waals surface area contributed by atoms with E-state index in [2.05, 4.69) is 0 Å². The summed E-state index contributed by atoms with van der Waals surface area (Å²) >= 11 is 0. The van der Waals surface area contributed by atoms with Crippen molar-refractivity contribution in [3.63, 3.8) is 0 Å². The molecule has 4 nitrogen and oxygen atoms in total. The number of carbonyl (C=O) groups is 2. The Morgan fingerprint density at radius 3 is 1.76 bits per heavy atom. The summed E-state index contributed by atoms with van der Waals surface area (Å²) in [7, 11) is 0. The van der Waals surface area contributed by atoms with E-state index < -0.39 is 5.92 Å². The number of phenolic OH excluding ortho intramolecular Hbond substituents is 2. The number of hydrogen-bond acceptors (Lipinski definition) is 4. The van der Waals surface area contributed by atoms with Crippen LogP contribution in [0.4, 0.5) is 0 Å². The normalized spacial score (nSPS) is 11.9. The third kappa shape index (κ3) is 3.69. The smallest absolute Gasteiger partial charge is 0.166 e. The molecule has 4 heteroatoms. The summed E-state index contributed by atoms with van der Waals surface area (Å²) in [5, 5.41) is 18.4. The average molecular weight is 284 g/mol. The van der Waals surface area contributed by atoms with Gasteiger partial charge in [0.15, 0.2) is 11.6 Å². The van der Waals surface area contributed by atoms with E-state index in [1.165, 1.54) is 36.4 Å². The van der Waals surface area contributed by atoms with E-state index in [1.807, 2.05) is 0 Å². The summed E-state index contributed by atoms with van der Waals surface area (Å²) in [5.74, 6) is -0.535. The lowest BCUT2D eigenvalue weighted by Gasteiger charge is -2.10. The third-order valence-electron chi connectivity index (χ3n) is 3.28. The van der Waals surface area contributed by atoms with Gasteiger partial charge in [-0.25, -0.2) is 0 Å². The molecule has 21 heavy (non-hydrogen) atoms. The molecular weight excluding hydrogens is 268 g/mol. The molecule has 2 aromatic rings. The van der Waals surface area contributed by atoms with Gasteiger partial charge >= 0.3 is 0 Å². The van der Waals surface area contributed by atoms with Gasteiger partial charge in [-0.2, -0.15) is 0 Å². The quantitative estimate of drug-likeness (QED) is 0.827. The summed E-state index contributed by atoms with van der Waals surface area (Å²) in [4.78, 5) is 24.3. The second kappa shape index (κ2) is 6.22. The van der Waals surface area contributed by atoms with Crippen LogP contribution in [0.1, 0.15) is 34.1 Å². The Labute approximate surface area is 122 Å². The molecule has 1 unspecified atom stereocenters. The Balaban J connectivity index is 2.05. The van der Waals surface area contributed by atoms with Crippen LogP contribution < -0.4 is 0 Å². The predicted octanol–water partition coefficient (Wildman–Crippen LogP) is 3.19. The molecule has 0 aliphatic rings. The van der Waals surface area contributed by atoms with Crippen LogP contribution in [-0.2, 0) is 0 Å². The molecule has 0 saturated carbocycles. The number of aromatic hydroxyl groups is 2. The lowest BCUT2D eigenvalue weighted by molar-refractivity contribution is 0.0863. The van der Waals surface area contributed by atoms with Gasteiger partial charge in [0.05, 0.1) is 0 Å². The van der Waals surface area contributed by atoms with Crippen LogP contribution in [-0.4, -0.2) is 21.8 Å². The number of carbonyl (C=O) groups excluding carboxylic acids is 2. The molecule has 0 saturated heterocycles. The number of rotatable bonds is 5. The molecule has 0 radical (unpaired) electrons. The molecule has 2 rings (SSSR count). The monoisotopic (exact) mass is 284 g/mol. The van der Waals surface area contributed by atoms with Crippen molar-refractivity contribution in [2.75, 3.05) is 0 Å². The number of ketones is 2. The summed E-state index contributed by atoms with van der Waals surface area (Å²) < 4.78 is 0. The standard InChI is InChI=1S/C17H16O4/c1-11(17(21)13-4-8-15(19)9-5-13)10-16(20)12-2-6-14(18)7-3-12/h2-9,11,18-19H,10H2,1H3. The van der Waals surface area contributed by atoms with Crippen LogP contribution in [0.5, 0.6) is 11.5 Å². The van der Waals surface area contributed by atoms with Crippen molar-refractivity contribution in [3.8, 4) is 11.5 Å². The third-order valence-corrected chi connectivity index (χ3v) is 3.28. The van der Waals surface area contributed by atoms with Crippen molar-refractivity contribution in [1.29, 1.82) is 0 Å². The molecular formula is C17H16O4. The molecule has 108 valence electrons. The molecule has 0 amide bonds. The molecule has 2 aromatic carbocycles. The minimum Gasteiger partial charge on any atom is -0.508 e. The number of Topliss-reactive ketones (excluding diaryl/α,β-unsaturated/α-hetero) is 2. The van der Waals surface area contributed by atoms with Crippen LogP contribution in [0.25, 0.3) is 0 Å². The lowest BCUT2D eigenvalue weighted by atomic mass is 9.92. The van der Waals surface area contributed by atoms with Crippen LogP contribution in [0.15, 0.2) is 48.5 Å². The van der Waals surface area contributed by atoms with Crippen molar-refractivity contribution in [2.45, 2.75) is 13.3 Å². The van der Waals surface area contributed by atoms with E-state index in [1.54, 1.807) is 19.1 Å². The maximum atomic E-state index is 12.2. The summed E-state index contributed by atoms with van der Waals surface area (Å²) in [6, 6.07) is 11.9. The topological polar surface area (TPSA) is 74.6 Å². The van der Waals surface area contributed by atoms with E-state index >= 15 is 0 Å². The van der Waals surface area contributed by atoms with Gasteiger partial charge < -0.3 is 10.2 Å². The first-order chi connectivity index (χ1) is 9.97. The Morgan fingerprint density at radius 1 is 0.857 bits per heavy atom. The Hall–Kier alpha value is -2.62. The highest BCUT2D eigenvalue weighted by molar-refractivity contribution is 6.03. The SMILES string of the molecule is CC(CC(=O)c1ccc(O)cc1)C(=O)c1ccc(O)cc1. The van der Waals surface area contributed by atoms with Crippen molar-refractivity contribution in [2.24, 2.45) is 5.92 Å². The number of benzene rings is 2. The van der Waals surface area contributed by atoms with Gasteiger partial charge in [-0.3, -0.25) is 9.59 Å². The predicted molar refractivity (Wildman–Crippen MR) is 78.7 cm³/mol. The second-order valence-corrected chi connectivity index (χ2v) is 4.99. The zero-order chi connectivity index (χ0) is 15.4. The zero-order valence-electron chi connectivity index (χ0n) is 11.6. The zero-order valence-corrected chi connectivity index (χ0v) is 11.6. The van der Waals surface area contributed by atoms with Crippen molar-refractivity contribution in [3.05, 3.63) is 59.7 Å². The van der Waals surface area contributed by atoms with Gasteiger partial charge in [0.25, 0.3) is 0 Å². The van der Waals surface area contributed by atoms with E-state index in [-0.39, 0.29) is 29.5 Å². The number of hydrogen-bond donors (Lipinski definition) is 2. The highest BCUT2D eigenvalue weighted by Crippen LogP contribution is 2.18. The largest absolute Gasteiger partial charge is 0.508 e. The van der Waals surface area contributed by atoms with E-state index in [9.17, 15) is 19.8 Å². The van der Waals surface area contributed by atoms with Gasteiger partial charge in [-0.05, 0) is 48.5 Å². The van der Waals surface area contributed by atoms with Gasteiger partial charge in [0.1, 0.15) is 11.5 Å². The highest BCUT2D eigenvalue weighted by atomic mass is 16.3. The van der Waals surface area contributed by atoms with Gasteiger partial charge in [0, 0.05) is 23.5 Å². The summed E-state index contributed by atoms with van der Waals surface area (Å²) in [5.41, 5.74) is 0.942. The highest BCUT2D eigenvalue weighted by Gasteiger charge is 2.19. The van der Waals surface area contributed by atoms with E-state index in [0.29, 0.717) is 11.1 Å². The lowest BCUT2D eigenvalue weighted by Crippen LogP contribution is -2.15. The van der Waals surface area contributed by atoms with E-state index in [0.717, 1.165) is 0 Å². The fourth-order valence-corrected chi connectivity index (χ4v) is 2.05. The Bertz CT molecular complexity index is 641. The Kier molecular flexibility index (Phi) is 4.38. The first-order valence-corrected chi connectivity index (χ1v) is 6.63. The first-order valence-electron chi connectivity index (χ1n) is 6.63. The van der Waals surface area contributed by atoms with Gasteiger partial charge in [-0.1, -0.05) is 6.92 Å². The minimum atomic E-state index is -0.448. The summed E-state index contributed by atoms with van der Waals surface area (Å²) in [6.45, 7) is 1.70.